The number of hydrogen-bond donors (Lipinski definition) is 2. The van der Waals surface area contributed by atoms with Crippen molar-refractivity contribution in [3.05, 3.63) is 0 Å². The Kier molecular flexibility index (Phi) is 4.62. The van der Waals surface area contributed by atoms with Gasteiger partial charge in [0.1, 0.15) is 0 Å². The van der Waals surface area contributed by atoms with Gasteiger partial charge in [0.25, 0.3) is 0 Å². The number of fused-ring (bicyclic) bond motifs is 1. The van der Waals surface area contributed by atoms with E-state index in [2.05, 4.69) is 29.4 Å². The maximum Gasteiger partial charge on any atom is 0.237 e. The summed E-state index contributed by atoms with van der Waals surface area (Å²) in [6.45, 7) is 11.5. The molecule has 0 aliphatic carbocycles. The van der Waals surface area contributed by atoms with Crippen LogP contribution < -0.4 is 10.6 Å². The second-order valence-corrected chi connectivity index (χ2v) is 6.28. The summed E-state index contributed by atoms with van der Waals surface area (Å²) in [6, 6.07) is 0.0188. The summed E-state index contributed by atoms with van der Waals surface area (Å²) < 4.78 is 0. The summed E-state index contributed by atoms with van der Waals surface area (Å²) in [6.07, 6.45) is 1.24. The van der Waals surface area contributed by atoms with Crippen molar-refractivity contribution in [1.29, 1.82) is 0 Å². The van der Waals surface area contributed by atoms with Crippen molar-refractivity contribution in [2.24, 2.45) is 17.8 Å². The lowest BCUT2D eigenvalue weighted by molar-refractivity contribution is -0.126. The van der Waals surface area contributed by atoms with Crippen molar-refractivity contribution in [3.8, 4) is 0 Å². The minimum atomic E-state index is 0.0188. The molecule has 2 N–H and O–H groups in total. The zero-order chi connectivity index (χ0) is 13.1. The highest BCUT2D eigenvalue weighted by Crippen LogP contribution is 2.27. The Morgan fingerprint density at radius 3 is 2.78 bits per heavy atom. The van der Waals surface area contributed by atoms with Gasteiger partial charge in [-0.2, -0.15) is 0 Å². The maximum absolute atomic E-state index is 12.1. The zero-order valence-electron chi connectivity index (χ0n) is 11.9. The number of nitrogens with zero attached hydrogens (tertiary/aromatic N) is 1. The largest absolute Gasteiger partial charge is 0.354 e. The summed E-state index contributed by atoms with van der Waals surface area (Å²) >= 11 is 0. The smallest absolute Gasteiger partial charge is 0.237 e. The molecule has 0 radical (unpaired) electrons. The predicted octanol–water partition coefficient (Wildman–Crippen LogP) is 0.688. The average Bonchev–Trinajstić information content (AvgIpc) is 2.81. The molecule has 1 amide bonds. The van der Waals surface area contributed by atoms with Crippen molar-refractivity contribution in [3.63, 3.8) is 0 Å². The Hall–Kier alpha value is -0.610. The van der Waals surface area contributed by atoms with E-state index in [0.717, 1.165) is 38.0 Å². The van der Waals surface area contributed by atoms with Gasteiger partial charge in [0, 0.05) is 13.1 Å². The second kappa shape index (κ2) is 6.02. The number of carbonyl (C=O) groups is 1. The molecule has 2 aliphatic rings. The van der Waals surface area contributed by atoms with E-state index in [1.54, 1.807) is 0 Å². The molecule has 18 heavy (non-hydrogen) atoms. The monoisotopic (exact) mass is 253 g/mol. The van der Waals surface area contributed by atoms with Gasteiger partial charge in [-0.15, -0.1) is 0 Å². The Labute approximate surface area is 110 Å². The summed E-state index contributed by atoms with van der Waals surface area (Å²) in [4.78, 5) is 14.4. The Balaban J connectivity index is 1.81. The number of amides is 1. The fourth-order valence-electron chi connectivity index (χ4n) is 3.03. The third-order valence-corrected chi connectivity index (χ3v) is 4.35. The summed E-state index contributed by atoms with van der Waals surface area (Å²) in [5.41, 5.74) is 0. The molecule has 104 valence electrons. The highest BCUT2D eigenvalue weighted by molar-refractivity contribution is 5.81. The third kappa shape index (κ3) is 3.23. The molecule has 0 spiro atoms. The highest BCUT2D eigenvalue weighted by atomic mass is 16.2. The quantitative estimate of drug-likeness (QED) is 0.775. The molecule has 2 heterocycles. The van der Waals surface area contributed by atoms with Crippen LogP contribution in [0.25, 0.3) is 0 Å². The highest BCUT2D eigenvalue weighted by Gasteiger charge is 2.35. The standard InChI is InChI=1S/C14H27N3O/c1-10(2)6-16-14(18)11(3)17-5-4-12-7-15-8-13(12)9-17/h10-13,15H,4-9H2,1-3H3,(H,16,18). The fourth-order valence-corrected chi connectivity index (χ4v) is 3.03. The van der Waals surface area contributed by atoms with E-state index in [9.17, 15) is 4.79 Å². The summed E-state index contributed by atoms with van der Waals surface area (Å²) in [5, 5.41) is 6.51. The molecular weight excluding hydrogens is 226 g/mol. The van der Waals surface area contributed by atoms with Crippen LogP contribution >= 0.6 is 0 Å². The number of carbonyl (C=O) groups excluding carboxylic acids is 1. The van der Waals surface area contributed by atoms with Gasteiger partial charge in [-0.3, -0.25) is 9.69 Å². The molecule has 4 heteroatoms. The number of nitrogens with one attached hydrogen (secondary N) is 2. The zero-order valence-corrected chi connectivity index (χ0v) is 11.9. The Morgan fingerprint density at radius 1 is 1.33 bits per heavy atom. The second-order valence-electron chi connectivity index (χ2n) is 6.28. The lowest BCUT2D eigenvalue weighted by Gasteiger charge is -2.37. The van der Waals surface area contributed by atoms with E-state index in [4.69, 9.17) is 0 Å². The van der Waals surface area contributed by atoms with E-state index >= 15 is 0 Å². The molecule has 2 rings (SSSR count). The van der Waals surface area contributed by atoms with Crippen LogP contribution in [0.2, 0.25) is 0 Å². The molecular formula is C14H27N3O. The van der Waals surface area contributed by atoms with E-state index in [-0.39, 0.29) is 11.9 Å². The number of likely N-dealkylation sites (tertiary alicyclic amines) is 1. The SMILES string of the molecule is CC(C)CNC(=O)C(C)N1CCC2CNCC2C1. The molecule has 3 unspecified atom stereocenters. The van der Waals surface area contributed by atoms with Gasteiger partial charge >= 0.3 is 0 Å². The first-order chi connectivity index (χ1) is 8.58. The van der Waals surface area contributed by atoms with Crippen molar-refractivity contribution in [2.45, 2.75) is 33.2 Å². The Bertz CT molecular complexity index is 293. The third-order valence-electron chi connectivity index (χ3n) is 4.35. The molecule has 3 atom stereocenters. The molecule has 0 aromatic heterocycles. The van der Waals surface area contributed by atoms with Gasteiger partial charge in [-0.25, -0.2) is 0 Å². The Morgan fingerprint density at radius 2 is 2.06 bits per heavy atom. The van der Waals surface area contributed by atoms with Crippen molar-refractivity contribution in [1.82, 2.24) is 15.5 Å². The van der Waals surface area contributed by atoms with Gasteiger partial charge in [-0.1, -0.05) is 13.8 Å². The van der Waals surface area contributed by atoms with Crippen molar-refractivity contribution >= 4 is 5.91 Å². The maximum atomic E-state index is 12.1. The molecule has 0 aromatic rings. The fraction of sp³-hybridized carbons (Fsp3) is 0.929. The molecule has 0 bridgehead atoms. The lowest BCUT2D eigenvalue weighted by Crippen LogP contribution is -2.51. The lowest BCUT2D eigenvalue weighted by atomic mass is 9.88. The van der Waals surface area contributed by atoms with Crippen LogP contribution in [0, 0.1) is 17.8 Å². The first-order valence-electron chi connectivity index (χ1n) is 7.30. The van der Waals surface area contributed by atoms with E-state index in [1.165, 1.54) is 13.0 Å². The van der Waals surface area contributed by atoms with E-state index < -0.39 is 0 Å². The van der Waals surface area contributed by atoms with E-state index in [0.29, 0.717) is 5.92 Å². The van der Waals surface area contributed by atoms with Gasteiger partial charge < -0.3 is 10.6 Å². The number of hydrogen-bond acceptors (Lipinski definition) is 3. The van der Waals surface area contributed by atoms with Crippen LogP contribution in [0.3, 0.4) is 0 Å². The van der Waals surface area contributed by atoms with Crippen molar-refractivity contribution < 1.29 is 4.79 Å². The first-order valence-corrected chi connectivity index (χ1v) is 7.30. The van der Waals surface area contributed by atoms with Gasteiger partial charge in [0.05, 0.1) is 6.04 Å². The van der Waals surface area contributed by atoms with Gasteiger partial charge in [0.2, 0.25) is 5.91 Å². The van der Waals surface area contributed by atoms with Gasteiger partial charge in [0.15, 0.2) is 0 Å². The van der Waals surface area contributed by atoms with Crippen LogP contribution in [0.15, 0.2) is 0 Å². The number of rotatable bonds is 4. The predicted molar refractivity (Wildman–Crippen MR) is 73.3 cm³/mol. The molecule has 4 nitrogen and oxygen atoms in total. The minimum absolute atomic E-state index is 0.0188. The van der Waals surface area contributed by atoms with Crippen LogP contribution in [0.1, 0.15) is 27.2 Å². The minimum Gasteiger partial charge on any atom is -0.354 e. The molecule has 0 aromatic carbocycles. The molecule has 2 fully saturated rings. The van der Waals surface area contributed by atoms with Crippen molar-refractivity contribution in [2.75, 3.05) is 32.7 Å². The van der Waals surface area contributed by atoms with Gasteiger partial charge in [-0.05, 0) is 50.7 Å². The van der Waals surface area contributed by atoms with E-state index in [1.807, 2.05) is 6.92 Å². The normalized spacial score (nSPS) is 30.2. The molecule has 0 saturated carbocycles. The first kappa shape index (κ1) is 13.8. The molecule has 2 saturated heterocycles. The molecule has 2 aliphatic heterocycles. The van der Waals surface area contributed by atoms with Crippen LogP contribution in [-0.4, -0.2) is 49.6 Å². The average molecular weight is 253 g/mol. The van der Waals surface area contributed by atoms with Crippen LogP contribution in [0.5, 0.6) is 0 Å². The number of piperidine rings is 1. The topological polar surface area (TPSA) is 44.4 Å². The summed E-state index contributed by atoms with van der Waals surface area (Å²) in [5.74, 6) is 2.30. The summed E-state index contributed by atoms with van der Waals surface area (Å²) in [7, 11) is 0. The van der Waals surface area contributed by atoms with Crippen LogP contribution in [-0.2, 0) is 4.79 Å². The van der Waals surface area contributed by atoms with Crippen LogP contribution in [0.4, 0.5) is 0 Å².